The molecule has 0 bridgehead atoms. The Balaban J connectivity index is 2.30. The van der Waals surface area contributed by atoms with E-state index < -0.39 is 26.8 Å². The highest BCUT2D eigenvalue weighted by Crippen LogP contribution is 2.31. The van der Waals surface area contributed by atoms with Gasteiger partial charge in [0.1, 0.15) is 16.4 Å². The molecule has 4 nitrogen and oxygen atoms in total. The fraction of sp³-hybridized carbons (Fsp3) is 0.143. The Morgan fingerprint density at radius 3 is 2.09 bits per heavy atom. The Labute approximate surface area is 125 Å². The van der Waals surface area contributed by atoms with E-state index in [9.17, 15) is 21.6 Å². The van der Waals surface area contributed by atoms with Gasteiger partial charge >= 0.3 is 16.3 Å². The van der Waals surface area contributed by atoms with Crippen molar-refractivity contribution in [3.8, 4) is 11.5 Å². The number of alkyl halides is 3. The van der Waals surface area contributed by atoms with Crippen LogP contribution in [0.25, 0.3) is 0 Å². The fourth-order valence-corrected chi connectivity index (χ4v) is 2.61. The summed E-state index contributed by atoms with van der Waals surface area (Å²) in [6.45, 7) is 0. The molecule has 0 aliphatic heterocycles. The van der Waals surface area contributed by atoms with E-state index in [-0.39, 0.29) is 5.75 Å². The minimum atomic E-state index is -4.63. The van der Waals surface area contributed by atoms with E-state index in [2.05, 4.69) is 0 Å². The smallest absolute Gasteiger partial charge is 0.416 e. The van der Waals surface area contributed by atoms with Crippen LogP contribution in [0.4, 0.5) is 13.2 Å². The highest BCUT2D eigenvalue weighted by atomic mass is 32.2. The normalized spacial score (nSPS) is 12.0. The SMILES string of the molecule is COc1ccc(OS(=O)(=O)c2cccc(C(F)(F)F)c2)cc1. The maximum absolute atomic E-state index is 12.6. The van der Waals surface area contributed by atoms with Crippen LogP contribution in [0.3, 0.4) is 0 Å². The van der Waals surface area contributed by atoms with Crippen molar-refractivity contribution in [2.75, 3.05) is 7.11 Å². The van der Waals surface area contributed by atoms with Crippen LogP contribution in [0.1, 0.15) is 5.56 Å². The largest absolute Gasteiger partial charge is 0.497 e. The lowest BCUT2D eigenvalue weighted by Crippen LogP contribution is -2.12. The summed E-state index contributed by atoms with van der Waals surface area (Å²) >= 11 is 0. The standard InChI is InChI=1S/C14H11F3O4S/c1-20-11-5-7-12(8-6-11)21-22(18,19)13-4-2-3-10(9-13)14(15,16)17/h2-9H,1H3. The van der Waals surface area contributed by atoms with Gasteiger partial charge in [0.05, 0.1) is 12.7 Å². The van der Waals surface area contributed by atoms with E-state index in [0.717, 1.165) is 18.2 Å². The van der Waals surface area contributed by atoms with Crippen LogP contribution in [0.15, 0.2) is 53.4 Å². The lowest BCUT2D eigenvalue weighted by Gasteiger charge is -2.10. The van der Waals surface area contributed by atoms with Crippen molar-refractivity contribution in [3.05, 3.63) is 54.1 Å². The first kappa shape index (κ1) is 16.2. The number of ether oxygens (including phenoxy) is 1. The molecule has 0 heterocycles. The summed E-state index contributed by atoms with van der Waals surface area (Å²) in [6.07, 6.45) is -4.63. The Hall–Kier alpha value is -2.22. The number of hydrogen-bond donors (Lipinski definition) is 0. The van der Waals surface area contributed by atoms with Gasteiger partial charge in [-0.25, -0.2) is 0 Å². The third kappa shape index (κ3) is 3.70. The van der Waals surface area contributed by atoms with Gasteiger partial charge in [-0.1, -0.05) is 6.07 Å². The maximum atomic E-state index is 12.6. The molecule has 0 fully saturated rings. The Bertz CT molecular complexity index is 752. The highest BCUT2D eigenvalue weighted by molar-refractivity contribution is 7.87. The molecular weight excluding hydrogens is 321 g/mol. The average molecular weight is 332 g/mol. The Kier molecular flexibility index (Phi) is 4.32. The molecule has 0 aromatic heterocycles. The van der Waals surface area contributed by atoms with Crippen molar-refractivity contribution in [3.63, 3.8) is 0 Å². The number of benzene rings is 2. The molecule has 2 aromatic rings. The molecule has 0 aliphatic carbocycles. The highest BCUT2D eigenvalue weighted by Gasteiger charge is 2.32. The Morgan fingerprint density at radius 2 is 1.55 bits per heavy atom. The predicted molar refractivity (Wildman–Crippen MR) is 72.3 cm³/mol. The van der Waals surface area contributed by atoms with E-state index in [1.807, 2.05) is 0 Å². The lowest BCUT2D eigenvalue weighted by molar-refractivity contribution is -0.137. The molecule has 0 spiro atoms. The number of hydrogen-bond acceptors (Lipinski definition) is 4. The van der Waals surface area contributed by atoms with Crippen molar-refractivity contribution >= 4 is 10.1 Å². The molecule has 2 rings (SSSR count). The molecule has 0 aliphatic rings. The van der Waals surface area contributed by atoms with Crippen LogP contribution in [0, 0.1) is 0 Å². The van der Waals surface area contributed by atoms with Gasteiger partial charge in [0.25, 0.3) is 0 Å². The molecule has 0 atom stereocenters. The van der Waals surface area contributed by atoms with Gasteiger partial charge in [-0.3, -0.25) is 0 Å². The van der Waals surface area contributed by atoms with Gasteiger partial charge in [-0.15, -0.1) is 0 Å². The molecule has 0 N–H and O–H groups in total. The molecule has 22 heavy (non-hydrogen) atoms. The first-order valence-corrected chi connectivity index (χ1v) is 7.39. The van der Waals surface area contributed by atoms with Crippen molar-refractivity contribution in [2.45, 2.75) is 11.1 Å². The van der Waals surface area contributed by atoms with Crippen LogP contribution in [0.5, 0.6) is 11.5 Å². The van der Waals surface area contributed by atoms with Gasteiger partial charge < -0.3 is 8.92 Å². The van der Waals surface area contributed by atoms with E-state index in [1.165, 1.54) is 31.4 Å². The van der Waals surface area contributed by atoms with Crippen LogP contribution in [0.2, 0.25) is 0 Å². The zero-order chi connectivity index (χ0) is 16.4. The molecule has 0 radical (unpaired) electrons. The Morgan fingerprint density at radius 1 is 0.955 bits per heavy atom. The van der Waals surface area contributed by atoms with Crippen LogP contribution < -0.4 is 8.92 Å². The minimum absolute atomic E-state index is 0.0294. The van der Waals surface area contributed by atoms with Gasteiger partial charge in [-0.2, -0.15) is 21.6 Å². The van der Waals surface area contributed by atoms with E-state index in [1.54, 1.807) is 0 Å². The van der Waals surface area contributed by atoms with Gasteiger partial charge in [0.2, 0.25) is 0 Å². The summed E-state index contributed by atoms with van der Waals surface area (Å²) in [4.78, 5) is -0.571. The summed E-state index contributed by atoms with van der Waals surface area (Å²) in [6, 6.07) is 8.97. The molecule has 0 amide bonds. The van der Waals surface area contributed by atoms with Crippen molar-refractivity contribution < 1.29 is 30.5 Å². The maximum Gasteiger partial charge on any atom is 0.416 e. The summed E-state index contributed by atoms with van der Waals surface area (Å²) in [5, 5.41) is 0. The second-order valence-corrected chi connectivity index (χ2v) is 5.78. The predicted octanol–water partition coefficient (Wildman–Crippen LogP) is 3.48. The van der Waals surface area contributed by atoms with Crippen LogP contribution in [-0.4, -0.2) is 15.5 Å². The molecular formula is C14H11F3O4S. The first-order valence-electron chi connectivity index (χ1n) is 5.98. The fourth-order valence-electron chi connectivity index (χ4n) is 1.63. The van der Waals surface area contributed by atoms with Crippen LogP contribution >= 0.6 is 0 Å². The molecule has 0 saturated heterocycles. The minimum Gasteiger partial charge on any atom is -0.497 e. The molecule has 118 valence electrons. The summed E-state index contributed by atoms with van der Waals surface area (Å²) in [7, 11) is -2.92. The zero-order valence-electron chi connectivity index (χ0n) is 11.3. The number of halogens is 3. The summed E-state index contributed by atoms with van der Waals surface area (Å²) in [5.74, 6) is 0.460. The van der Waals surface area contributed by atoms with E-state index in [4.69, 9.17) is 8.92 Å². The van der Waals surface area contributed by atoms with Crippen molar-refractivity contribution in [2.24, 2.45) is 0 Å². The number of rotatable bonds is 4. The monoisotopic (exact) mass is 332 g/mol. The molecule has 0 saturated carbocycles. The average Bonchev–Trinajstić information content (AvgIpc) is 2.47. The summed E-state index contributed by atoms with van der Waals surface area (Å²) < 4.78 is 71.6. The lowest BCUT2D eigenvalue weighted by atomic mass is 10.2. The van der Waals surface area contributed by atoms with E-state index in [0.29, 0.717) is 11.8 Å². The van der Waals surface area contributed by atoms with Crippen molar-refractivity contribution in [1.29, 1.82) is 0 Å². The van der Waals surface area contributed by atoms with Gasteiger partial charge in [0, 0.05) is 0 Å². The molecule has 0 unspecified atom stereocenters. The second-order valence-electron chi connectivity index (χ2n) is 4.24. The van der Waals surface area contributed by atoms with Gasteiger partial charge in [0.15, 0.2) is 0 Å². The quantitative estimate of drug-likeness (QED) is 0.805. The third-order valence-corrected chi connectivity index (χ3v) is 3.96. The van der Waals surface area contributed by atoms with Crippen molar-refractivity contribution in [1.82, 2.24) is 0 Å². The van der Waals surface area contributed by atoms with Gasteiger partial charge in [-0.05, 0) is 42.5 Å². The topological polar surface area (TPSA) is 52.6 Å². The van der Waals surface area contributed by atoms with E-state index >= 15 is 0 Å². The summed E-state index contributed by atoms with van der Waals surface area (Å²) in [5.41, 5.74) is -1.06. The zero-order valence-corrected chi connectivity index (χ0v) is 12.1. The first-order chi connectivity index (χ1) is 10.2. The van der Waals surface area contributed by atoms with Crippen LogP contribution in [-0.2, 0) is 16.3 Å². The third-order valence-electron chi connectivity index (χ3n) is 2.72. The molecule has 2 aromatic carbocycles. The number of methoxy groups -OCH3 is 1. The second kappa shape index (κ2) is 5.88. The molecule has 8 heteroatoms.